The number of para-hydroxylation sites is 2. The van der Waals surface area contributed by atoms with Gasteiger partial charge in [-0.3, -0.25) is 9.10 Å². The van der Waals surface area contributed by atoms with E-state index in [4.69, 9.17) is 4.74 Å². The number of carbonyl (C=O) groups is 1. The fraction of sp³-hybridized carbons (Fsp3) is 0.174. The van der Waals surface area contributed by atoms with Gasteiger partial charge in [0, 0.05) is 10.6 Å². The first-order chi connectivity index (χ1) is 15.0. The number of carbonyl (C=O) groups excluding carboxylic acids is 1. The summed E-state index contributed by atoms with van der Waals surface area (Å²) in [5, 5.41) is 2.79. The van der Waals surface area contributed by atoms with E-state index in [1.165, 1.54) is 12.1 Å². The van der Waals surface area contributed by atoms with Gasteiger partial charge in [0.1, 0.15) is 12.3 Å². The molecule has 0 spiro atoms. The molecule has 0 atom stereocenters. The molecule has 0 radical (unpaired) electrons. The summed E-state index contributed by atoms with van der Waals surface area (Å²) in [6, 6.07) is 22.2. The lowest BCUT2D eigenvalue weighted by atomic mass is 10.3. The number of amides is 1. The minimum absolute atomic E-state index is 0.0958. The molecule has 0 saturated carbocycles. The first-order valence-corrected chi connectivity index (χ1v) is 12.4. The molecule has 162 valence electrons. The third-order valence-electron chi connectivity index (χ3n) is 4.41. The summed E-state index contributed by atoms with van der Waals surface area (Å²) < 4.78 is 33.7. The highest BCUT2D eigenvalue weighted by atomic mass is 32.2. The van der Waals surface area contributed by atoms with Crippen molar-refractivity contribution in [3.05, 3.63) is 78.9 Å². The summed E-state index contributed by atoms with van der Waals surface area (Å²) in [7, 11) is -4.01. The topological polar surface area (TPSA) is 75.7 Å². The normalized spacial score (nSPS) is 11.0. The molecule has 0 saturated heterocycles. The summed E-state index contributed by atoms with van der Waals surface area (Å²) in [5.41, 5.74) is 0.910. The second-order valence-corrected chi connectivity index (χ2v) is 9.25. The van der Waals surface area contributed by atoms with Crippen molar-refractivity contribution in [2.24, 2.45) is 0 Å². The maximum atomic E-state index is 13.5. The highest BCUT2D eigenvalue weighted by Gasteiger charge is 2.29. The van der Waals surface area contributed by atoms with E-state index in [0.29, 0.717) is 23.7 Å². The van der Waals surface area contributed by atoms with Crippen LogP contribution in [0.5, 0.6) is 5.75 Å². The second kappa shape index (κ2) is 10.4. The molecule has 1 N–H and O–H groups in total. The predicted octanol–water partition coefficient (Wildman–Crippen LogP) is 4.64. The molecule has 0 aromatic heterocycles. The van der Waals surface area contributed by atoms with Crippen molar-refractivity contribution in [1.29, 1.82) is 0 Å². The van der Waals surface area contributed by atoms with Crippen LogP contribution in [0.4, 0.5) is 11.4 Å². The van der Waals surface area contributed by atoms with Gasteiger partial charge in [-0.25, -0.2) is 8.42 Å². The maximum Gasteiger partial charge on any atom is 0.264 e. The minimum atomic E-state index is -4.01. The molecule has 0 aliphatic rings. The Balaban J connectivity index is 1.97. The Kier molecular flexibility index (Phi) is 7.59. The highest BCUT2D eigenvalue weighted by molar-refractivity contribution is 7.98. The van der Waals surface area contributed by atoms with Gasteiger partial charge in [0.05, 0.1) is 17.2 Å². The van der Waals surface area contributed by atoms with Gasteiger partial charge in [0.25, 0.3) is 10.0 Å². The van der Waals surface area contributed by atoms with Crippen molar-refractivity contribution in [2.75, 3.05) is 29.0 Å². The van der Waals surface area contributed by atoms with Gasteiger partial charge in [-0.15, -0.1) is 11.8 Å². The van der Waals surface area contributed by atoms with Crippen molar-refractivity contribution in [2.45, 2.75) is 16.7 Å². The molecule has 0 heterocycles. The van der Waals surface area contributed by atoms with Crippen LogP contribution in [0.3, 0.4) is 0 Å². The zero-order valence-electron chi connectivity index (χ0n) is 17.3. The van der Waals surface area contributed by atoms with Crippen LogP contribution in [0, 0.1) is 0 Å². The van der Waals surface area contributed by atoms with E-state index in [0.717, 1.165) is 9.20 Å². The van der Waals surface area contributed by atoms with E-state index < -0.39 is 22.5 Å². The van der Waals surface area contributed by atoms with Gasteiger partial charge in [0.2, 0.25) is 5.91 Å². The van der Waals surface area contributed by atoms with Gasteiger partial charge in [-0.1, -0.05) is 36.4 Å². The number of anilines is 2. The number of nitrogens with zero attached hydrogens (tertiary/aromatic N) is 1. The van der Waals surface area contributed by atoms with Crippen LogP contribution >= 0.6 is 11.8 Å². The SMILES string of the molecule is CCOc1ccccc1N(CC(=O)Nc1cccc(SC)c1)S(=O)(=O)c1ccccc1. The van der Waals surface area contributed by atoms with E-state index in [9.17, 15) is 13.2 Å². The van der Waals surface area contributed by atoms with Crippen LogP contribution in [0.1, 0.15) is 6.92 Å². The average Bonchev–Trinajstić information content (AvgIpc) is 2.79. The highest BCUT2D eigenvalue weighted by Crippen LogP contribution is 2.32. The lowest BCUT2D eigenvalue weighted by Crippen LogP contribution is -2.38. The fourth-order valence-corrected chi connectivity index (χ4v) is 4.90. The van der Waals surface area contributed by atoms with Gasteiger partial charge >= 0.3 is 0 Å². The molecule has 6 nitrogen and oxygen atoms in total. The zero-order chi connectivity index (χ0) is 22.3. The molecular formula is C23H24N2O4S2. The van der Waals surface area contributed by atoms with Gasteiger partial charge < -0.3 is 10.1 Å². The average molecular weight is 457 g/mol. The Morgan fingerprint density at radius 3 is 2.42 bits per heavy atom. The van der Waals surface area contributed by atoms with Crippen LogP contribution in [-0.2, 0) is 14.8 Å². The largest absolute Gasteiger partial charge is 0.492 e. The summed E-state index contributed by atoms with van der Waals surface area (Å²) in [4.78, 5) is 14.0. The molecule has 1 amide bonds. The van der Waals surface area contributed by atoms with Gasteiger partial charge in [-0.05, 0) is 55.6 Å². The number of benzene rings is 3. The van der Waals surface area contributed by atoms with E-state index in [1.54, 1.807) is 60.3 Å². The monoisotopic (exact) mass is 456 g/mol. The van der Waals surface area contributed by atoms with Gasteiger partial charge in [0.15, 0.2) is 0 Å². The number of ether oxygens (including phenoxy) is 1. The Morgan fingerprint density at radius 2 is 1.71 bits per heavy atom. The molecule has 0 fully saturated rings. The van der Waals surface area contributed by atoms with Crippen LogP contribution < -0.4 is 14.4 Å². The smallest absolute Gasteiger partial charge is 0.264 e. The third kappa shape index (κ3) is 5.59. The van der Waals surface area contributed by atoms with Crippen LogP contribution in [0.25, 0.3) is 0 Å². The lowest BCUT2D eigenvalue weighted by Gasteiger charge is -2.26. The summed E-state index contributed by atoms with van der Waals surface area (Å²) in [6.07, 6.45) is 1.94. The van der Waals surface area contributed by atoms with E-state index in [1.807, 2.05) is 31.4 Å². The van der Waals surface area contributed by atoms with Gasteiger partial charge in [-0.2, -0.15) is 0 Å². The molecular weight excluding hydrogens is 432 g/mol. The molecule has 3 rings (SSSR count). The number of thioether (sulfide) groups is 1. The Morgan fingerprint density at radius 1 is 1.00 bits per heavy atom. The van der Waals surface area contributed by atoms with Crippen molar-refractivity contribution >= 4 is 39.1 Å². The van der Waals surface area contributed by atoms with Crippen LogP contribution in [0.15, 0.2) is 88.7 Å². The fourth-order valence-electron chi connectivity index (χ4n) is 2.99. The first kappa shape index (κ1) is 22.7. The van der Waals surface area contributed by atoms with E-state index >= 15 is 0 Å². The Labute approximate surface area is 187 Å². The molecule has 0 aliphatic carbocycles. The van der Waals surface area contributed by atoms with Crippen LogP contribution in [0.2, 0.25) is 0 Å². The molecule has 31 heavy (non-hydrogen) atoms. The van der Waals surface area contributed by atoms with Crippen LogP contribution in [-0.4, -0.2) is 33.7 Å². The summed E-state index contributed by atoms with van der Waals surface area (Å²) in [6.45, 7) is 1.78. The predicted molar refractivity (Wildman–Crippen MR) is 125 cm³/mol. The molecule has 0 bridgehead atoms. The van der Waals surface area contributed by atoms with Crippen molar-refractivity contribution in [1.82, 2.24) is 0 Å². The van der Waals surface area contributed by atoms with E-state index in [-0.39, 0.29) is 4.90 Å². The number of rotatable bonds is 9. The lowest BCUT2D eigenvalue weighted by molar-refractivity contribution is -0.114. The third-order valence-corrected chi connectivity index (χ3v) is 6.90. The first-order valence-electron chi connectivity index (χ1n) is 9.69. The number of hydrogen-bond donors (Lipinski definition) is 1. The van der Waals surface area contributed by atoms with Crippen molar-refractivity contribution in [3.63, 3.8) is 0 Å². The number of sulfonamides is 1. The molecule has 3 aromatic carbocycles. The quantitative estimate of drug-likeness (QED) is 0.475. The zero-order valence-corrected chi connectivity index (χ0v) is 18.9. The maximum absolute atomic E-state index is 13.5. The molecule has 0 unspecified atom stereocenters. The Bertz CT molecular complexity index is 1140. The minimum Gasteiger partial charge on any atom is -0.492 e. The van der Waals surface area contributed by atoms with E-state index in [2.05, 4.69) is 5.32 Å². The second-order valence-electron chi connectivity index (χ2n) is 6.51. The standard InChI is InChI=1S/C23H24N2O4S2/c1-3-29-22-15-8-7-14-21(22)25(31(27,28)20-12-5-4-6-13-20)17-23(26)24-18-10-9-11-19(16-18)30-2/h4-16H,3,17H2,1-2H3,(H,24,26). The summed E-state index contributed by atoms with van der Waals surface area (Å²) >= 11 is 1.56. The summed E-state index contributed by atoms with van der Waals surface area (Å²) in [5.74, 6) is -0.0641. The Hall–Kier alpha value is -2.97. The number of hydrogen-bond acceptors (Lipinski definition) is 5. The molecule has 3 aromatic rings. The molecule has 8 heteroatoms. The van der Waals surface area contributed by atoms with Crippen molar-refractivity contribution < 1.29 is 17.9 Å². The van der Waals surface area contributed by atoms with Crippen molar-refractivity contribution in [3.8, 4) is 5.75 Å². The number of nitrogens with one attached hydrogen (secondary N) is 1. The molecule has 0 aliphatic heterocycles.